The number of rotatable bonds is 9. The number of nitrogens with one attached hydrogen (secondary N) is 2. The summed E-state index contributed by atoms with van der Waals surface area (Å²) in [6, 6.07) is 10.7. The lowest BCUT2D eigenvalue weighted by molar-refractivity contribution is -0.145. The van der Waals surface area contributed by atoms with Gasteiger partial charge in [0.25, 0.3) is 0 Å². The SMILES string of the molecule is CCc1ccc(CC)c2c1CC(NC[C@@H](O)c1ccc(OC(=O)CC(=O)O)c3[nH]c(=O)ccc13)C2.Cl. The number of aliphatic hydroxyl groups excluding tert-OH is 1. The molecule has 1 aliphatic rings. The average Bonchev–Trinajstić information content (AvgIpc) is 3.26. The molecule has 0 fully saturated rings. The van der Waals surface area contributed by atoms with Gasteiger partial charge in [-0.05, 0) is 65.6 Å². The summed E-state index contributed by atoms with van der Waals surface area (Å²) in [5, 5.41) is 23.8. The van der Waals surface area contributed by atoms with Crippen LogP contribution in [0.25, 0.3) is 10.9 Å². The van der Waals surface area contributed by atoms with Gasteiger partial charge in [0.1, 0.15) is 6.42 Å². The predicted molar refractivity (Wildman–Crippen MR) is 139 cm³/mol. The van der Waals surface area contributed by atoms with E-state index in [1.54, 1.807) is 12.1 Å². The molecule has 0 unspecified atom stereocenters. The number of aromatic nitrogens is 1. The van der Waals surface area contributed by atoms with Crippen molar-refractivity contribution in [1.29, 1.82) is 0 Å². The molecule has 3 aromatic rings. The van der Waals surface area contributed by atoms with Gasteiger partial charge in [-0.1, -0.05) is 32.0 Å². The number of ether oxygens (including phenoxy) is 1. The van der Waals surface area contributed by atoms with E-state index < -0.39 is 30.0 Å². The molecule has 0 aliphatic heterocycles. The number of carbonyl (C=O) groups is 2. The van der Waals surface area contributed by atoms with Gasteiger partial charge in [-0.15, -0.1) is 12.4 Å². The lowest BCUT2D eigenvalue weighted by atomic mass is 9.96. The van der Waals surface area contributed by atoms with E-state index in [1.807, 2.05) is 0 Å². The highest BCUT2D eigenvalue weighted by atomic mass is 35.5. The van der Waals surface area contributed by atoms with Crippen LogP contribution in [0.15, 0.2) is 41.2 Å². The number of aliphatic hydroxyl groups is 1. The van der Waals surface area contributed by atoms with Gasteiger partial charge in [0.15, 0.2) is 5.75 Å². The van der Waals surface area contributed by atoms with Crippen molar-refractivity contribution in [3.63, 3.8) is 0 Å². The zero-order chi connectivity index (χ0) is 25.1. The van der Waals surface area contributed by atoms with E-state index in [4.69, 9.17) is 9.84 Å². The third kappa shape index (κ3) is 5.78. The van der Waals surface area contributed by atoms with Crippen LogP contribution in [-0.4, -0.2) is 39.7 Å². The van der Waals surface area contributed by atoms with E-state index in [0.29, 0.717) is 17.5 Å². The molecule has 0 saturated carbocycles. The topological polar surface area (TPSA) is 129 Å². The van der Waals surface area contributed by atoms with Crippen molar-refractivity contribution in [2.24, 2.45) is 0 Å². The average molecular weight is 515 g/mol. The van der Waals surface area contributed by atoms with E-state index in [9.17, 15) is 19.5 Å². The summed E-state index contributed by atoms with van der Waals surface area (Å²) in [4.78, 5) is 37.2. The van der Waals surface area contributed by atoms with Crippen LogP contribution in [0.1, 0.15) is 54.2 Å². The van der Waals surface area contributed by atoms with E-state index >= 15 is 0 Å². The van der Waals surface area contributed by atoms with Crippen molar-refractivity contribution >= 4 is 35.2 Å². The molecular formula is C27H31ClN2O6. The quantitative estimate of drug-likeness (QED) is 0.196. The monoisotopic (exact) mass is 514 g/mol. The molecule has 8 nitrogen and oxygen atoms in total. The fraction of sp³-hybridized carbons (Fsp3) is 0.370. The summed E-state index contributed by atoms with van der Waals surface area (Å²) in [6.45, 7) is 4.65. The Balaban J connectivity index is 0.00000361. The molecule has 2 aromatic carbocycles. The second kappa shape index (κ2) is 11.7. The summed E-state index contributed by atoms with van der Waals surface area (Å²) in [5.41, 5.74) is 6.01. The fourth-order valence-electron chi connectivity index (χ4n) is 4.96. The molecule has 1 heterocycles. The molecule has 0 saturated heterocycles. The van der Waals surface area contributed by atoms with Gasteiger partial charge >= 0.3 is 11.9 Å². The van der Waals surface area contributed by atoms with Crippen molar-refractivity contribution in [3.05, 3.63) is 74.6 Å². The van der Waals surface area contributed by atoms with Crippen LogP contribution in [0.2, 0.25) is 0 Å². The Morgan fingerprint density at radius 2 is 1.69 bits per heavy atom. The smallest absolute Gasteiger partial charge is 0.322 e. The van der Waals surface area contributed by atoms with Crippen LogP contribution in [0, 0.1) is 0 Å². The summed E-state index contributed by atoms with van der Waals surface area (Å²) >= 11 is 0. The first-order chi connectivity index (χ1) is 16.8. The number of aromatic amines is 1. The van der Waals surface area contributed by atoms with Gasteiger partial charge in [-0.25, -0.2) is 0 Å². The number of aliphatic carboxylic acids is 1. The number of fused-ring (bicyclic) bond motifs is 2. The maximum Gasteiger partial charge on any atom is 0.322 e. The molecule has 9 heteroatoms. The van der Waals surface area contributed by atoms with Gasteiger partial charge < -0.3 is 25.3 Å². The van der Waals surface area contributed by atoms with Crippen LogP contribution < -0.4 is 15.6 Å². The van der Waals surface area contributed by atoms with Crippen molar-refractivity contribution in [1.82, 2.24) is 10.3 Å². The highest BCUT2D eigenvalue weighted by Crippen LogP contribution is 2.32. The number of carboxylic acids is 1. The molecule has 4 N–H and O–H groups in total. The van der Waals surface area contributed by atoms with Crippen molar-refractivity contribution in [2.45, 2.75) is 58.1 Å². The second-order valence-electron chi connectivity index (χ2n) is 8.89. The minimum atomic E-state index is -1.31. The molecule has 1 aliphatic carbocycles. The molecule has 36 heavy (non-hydrogen) atoms. The Kier molecular flexibility index (Phi) is 8.89. The van der Waals surface area contributed by atoms with E-state index in [-0.39, 0.29) is 29.7 Å². The fourth-order valence-corrected chi connectivity index (χ4v) is 4.96. The van der Waals surface area contributed by atoms with E-state index in [0.717, 1.165) is 25.7 Å². The van der Waals surface area contributed by atoms with Crippen LogP contribution in [-0.2, 0) is 35.3 Å². The summed E-state index contributed by atoms with van der Waals surface area (Å²) in [7, 11) is 0. The molecule has 0 bridgehead atoms. The van der Waals surface area contributed by atoms with Gasteiger partial charge in [-0.2, -0.15) is 0 Å². The Bertz CT molecular complexity index is 1300. The maximum absolute atomic E-state index is 11.9. The van der Waals surface area contributed by atoms with Gasteiger partial charge in [0.2, 0.25) is 5.56 Å². The zero-order valence-electron chi connectivity index (χ0n) is 20.3. The largest absolute Gasteiger partial charge is 0.481 e. The lowest BCUT2D eigenvalue weighted by Gasteiger charge is -2.19. The summed E-state index contributed by atoms with van der Waals surface area (Å²) in [6.07, 6.45) is 2.17. The summed E-state index contributed by atoms with van der Waals surface area (Å²) < 4.78 is 5.16. The molecule has 0 spiro atoms. The number of pyridine rings is 1. The van der Waals surface area contributed by atoms with Crippen molar-refractivity contribution in [2.75, 3.05) is 6.54 Å². The normalized spacial score (nSPS) is 13.8. The number of H-pyrrole nitrogens is 1. The second-order valence-corrected chi connectivity index (χ2v) is 8.89. The van der Waals surface area contributed by atoms with Crippen LogP contribution >= 0.6 is 12.4 Å². The summed E-state index contributed by atoms with van der Waals surface area (Å²) in [5.74, 6) is -2.22. The first-order valence-corrected chi connectivity index (χ1v) is 11.9. The molecule has 1 atom stereocenters. The molecule has 0 amide bonds. The highest BCUT2D eigenvalue weighted by Gasteiger charge is 2.26. The van der Waals surface area contributed by atoms with Crippen LogP contribution in [0.5, 0.6) is 5.75 Å². The maximum atomic E-state index is 11.9. The number of carboxylic acid groups (broad SMARTS) is 1. The van der Waals surface area contributed by atoms with Crippen LogP contribution in [0.4, 0.5) is 0 Å². The third-order valence-electron chi connectivity index (χ3n) is 6.66. The number of hydrogen-bond donors (Lipinski definition) is 4. The number of aryl methyl sites for hydroxylation is 2. The predicted octanol–water partition coefficient (Wildman–Crippen LogP) is 3.25. The number of esters is 1. The van der Waals surface area contributed by atoms with Gasteiger partial charge in [0, 0.05) is 24.0 Å². The third-order valence-corrected chi connectivity index (χ3v) is 6.66. The molecular weight excluding hydrogens is 484 g/mol. The number of benzene rings is 2. The minimum absolute atomic E-state index is 0. The Hall–Kier alpha value is -3.20. The van der Waals surface area contributed by atoms with Gasteiger partial charge in [-0.3, -0.25) is 14.4 Å². The lowest BCUT2D eigenvalue weighted by Crippen LogP contribution is -2.33. The van der Waals surface area contributed by atoms with Gasteiger partial charge in [0.05, 0.1) is 11.6 Å². The van der Waals surface area contributed by atoms with Crippen molar-refractivity contribution in [3.8, 4) is 5.75 Å². The molecule has 0 radical (unpaired) electrons. The molecule has 192 valence electrons. The highest BCUT2D eigenvalue weighted by molar-refractivity contribution is 5.94. The van der Waals surface area contributed by atoms with Crippen molar-refractivity contribution < 1.29 is 24.5 Å². The molecule has 4 rings (SSSR count). The Morgan fingerprint density at radius 3 is 2.28 bits per heavy atom. The molecule has 1 aromatic heterocycles. The number of carbonyl (C=O) groups excluding carboxylic acids is 1. The van der Waals surface area contributed by atoms with E-state index in [1.165, 1.54) is 34.4 Å². The zero-order valence-corrected chi connectivity index (χ0v) is 21.1. The van der Waals surface area contributed by atoms with Crippen LogP contribution in [0.3, 0.4) is 0 Å². The van der Waals surface area contributed by atoms with E-state index in [2.05, 4.69) is 36.3 Å². The number of halogens is 1. The first kappa shape index (κ1) is 27.4. The first-order valence-electron chi connectivity index (χ1n) is 11.9. The standard InChI is InChI=1S/C27H30N2O6.ClH/c1-3-15-5-6-16(4-2)21-12-17(11-20(15)21)28-14-22(30)18-7-9-23(35-26(34)13-25(32)33)27-19(18)8-10-24(31)29-27;/h5-10,17,22,28,30H,3-4,11-14H2,1-2H3,(H,29,31)(H,32,33);1H/t22-;/m1./s1. The minimum Gasteiger partial charge on any atom is -0.481 e. The Morgan fingerprint density at radius 1 is 1.06 bits per heavy atom. The Labute approximate surface area is 215 Å². The number of hydrogen-bond acceptors (Lipinski definition) is 6.